The SMILES string of the molecule is Fc1cc(Br)ccc1OCCN1CCCCC1. The quantitative estimate of drug-likeness (QED) is 0.844. The number of likely N-dealkylation sites (tertiary alicyclic amines) is 1. The zero-order chi connectivity index (χ0) is 12.1. The van der Waals surface area contributed by atoms with E-state index in [1.165, 1.54) is 25.3 Å². The lowest BCUT2D eigenvalue weighted by Crippen LogP contribution is -2.33. The molecule has 0 spiro atoms. The van der Waals surface area contributed by atoms with Crippen LogP contribution < -0.4 is 4.74 Å². The van der Waals surface area contributed by atoms with E-state index in [0.29, 0.717) is 12.4 Å². The van der Waals surface area contributed by atoms with Gasteiger partial charge in [-0.25, -0.2) is 4.39 Å². The van der Waals surface area contributed by atoms with Crippen LogP contribution in [0.3, 0.4) is 0 Å². The largest absolute Gasteiger partial charge is 0.489 e. The molecule has 1 aromatic rings. The van der Waals surface area contributed by atoms with Gasteiger partial charge in [0.25, 0.3) is 0 Å². The first-order chi connectivity index (χ1) is 8.25. The second-order valence-electron chi connectivity index (χ2n) is 4.33. The van der Waals surface area contributed by atoms with Crippen LogP contribution in [0.15, 0.2) is 22.7 Å². The molecule has 94 valence electrons. The third-order valence-electron chi connectivity index (χ3n) is 3.01. The van der Waals surface area contributed by atoms with E-state index in [0.717, 1.165) is 24.1 Å². The molecule has 0 radical (unpaired) electrons. The molecule has 1 heterocycles. The minimum Gasteiger partial charge on any atom is -0.489 e. The molecule has 2 nitrogen and oxygen atoms in total. The number of hydrogen-bond donors (Lipinski definition) is 0. The van der Waals surface area contributed by atoms with Crippen LogP contribution in [-0.2, 0) is 0 Å². The third kappa shape index (κ3) is 3.96. The molecule has 0 bridgehead atoms. The predicted octanol–water partition coefficient (Wildman–Crippen LogP) is 3.45. The summed E-state index contributed by atoms with van der Waals surface area (Å²) >= 11 is 3.22. The van der Waals surface area contributed by atoms with Gasteiger partial charge in [0.2, 0.25) is 0 Å². The van der Waals surface area contributed by atoms with Crippen LogP contribution in [0.5, 0.6) is 5.75 Å². The van der Waals surface area contributed by atoms with Crippen molar-refractivity contribution in [2.75, 3.05) is 26.2 Å². The van der Waals surface area contributed by atoms with Crippen molar-refractivity contribution in [1.29, 1.82) is 0 Å². The standard InChI is InChI=1S/C13H17BrFNO/c14-11-4-5-13(12(15)10-11)17-9-8-16-6-2-1-3-7-16/h4-5,10H,1-3,6-9H2. The van der Waals surface area contributed by atoms with Crippen LogP contribution in [-0.4, -0.2) is 31.1 Å². The third-order valence-corrected chi connectivity index (χ3v) is 3.50. The molecule has 0 unspecified atom stereocenters. The van der Waals surface area contributed by atoms with Gasteiger partial charge in [-0.05, 0) is 44.1 Å². The van der Waals surface area contributed by atoms with Crippen molar-refractivity contribution in [3.05, 3.63) is 28.5 Å². The molecular formula is C13H17BrFNO. The van der Waals surface area contributed by atoms with E-state index in [9.17, 15) is 4.39 Å². The Hall–Kier alpha value is -0.610. The van der Waals surface area contributed by atoms with Gasteiger partial charge in [-0.2, -0.15) is 0 Å². The molecule has 1 aliphatic heterocycles. The van der Waals surface area contributed by atoms with Gasteiger partial charge in [0.15, 0.2) is 11.6 Å². The normalized spacial score (nSPS) is 17.1. The summed E-state index contributed by atoms with van der Waals surface area (Å²) in [5.41, 5.74) is 0. The number of hydrogen-bond acceptors (Lipinski definition) is 2. The predicted molar refractivity (Wildman–Crippen MR) is 69.9 cm³/mol. The van der Waals surface area contributed by atoms with E-state index in [-0.39, 0.29) is 5.82 Å². The molecule has 1 aromatic carbocycles. The fraction of sp³-hybridized carbons (Fsp3) is 0.538. The Kier molecular flexibility index (Phi) is 4.80. The number of halogens is 2. The minimum absolute atomic E-state index is 0.307. The first-order valence-electron chi connectivity index (χ1n) is 6.06. The molecule has 0 N–H and O–H groups in total. The van der Waals surface area contributed by atoms with E-state index >= 15 is 0 Å². The van der Waals surface area contributed by atoms with Gasteiger partial charge in [0.05, 0.1) is 0 Å². The number of benzene rings is 1. The molecule has 1 fully saturated rings. The highest BCUT2D eigenvalue weighted by Crippen LogP contribution is 2.21. The first-order valence-corrected chi connectivity index (χ1v) is 6.85. The van der Waals surface area contributed by atoms with Gasteiger partial charge in [-0.3, -0.25) is 4.90 Å². The van der Waals surface area contributed by atoms with Crippen LogP contribution in [0.25, 0.3) is 0 Å². The fourth-order valence-corrected chi connectivity index (χ4v) is 2.39. The maximum absolute atomic E-state index is 13.4. The molecule has 1 aliphatic rings. The summed E-state index contributed by atoms with van der Waals surface area (Å²) in [5.74, 6) is 0.0308. The number of ether oxygens (including phenoxy) is 1. The van der Waals surface area contributed by atoms with Crippen LogP contribution in [0.4, 0.5) is 4.39 Å². The topological polar surface area (TPSA) is 12.5 Å². The summed E-state index contributed by atoms with van der Waals surface area (Å²) in [6, 6.07) is 4.88. The highest BCUT2D eigenvalue weighted by Gasteiger charge is 2.10. The van der Waals surface area contributed by atoms with Crippen molar-refractivity contribution in [1.82, 2.24) is 4.90 Å². The Morgan fingerprint density at radius 2 is 2.00 bits per heavy atom. The maximum atomic E-state index is 13.4. The molecular weight excluding hydrogens is 285 g/mol. The molecule has 1 saturated heterocycles. The lowest BCUT2D eigenvalue weighted by Gasteiger charge is -2.26. The Morgan fingerprint density at radius 3 is 2.71 bits per heavy atom. The highest BCUT2D eigenvalue weighted by atomic mass is 79.9. The summed E-state index contributed by atoms with van der Waals surface area (Å²) in [5, 5.41) is 0. The van der Waals surface area contributed by atoms with Crippen LogP contribution in [0.2, 0.25) is 0 Å². The minimum atomic E-state index is -0.307. The van der Waals surface area contributed by atoms with Gasteiger partial charge in [0.1, 0.15) is 6.61 Å². The van der Waals surface area contributed by atoms with E-state index in [1.807, 2.05) is 0 Å². The summed E-state index contributed by atoms with van der Waals surface area (Å²) in [4.78, 5) is 2.38. The van der Waals surface area contributed by atoms with Gasteiger partial charge >= 0.3 is 0 Å². The summed E-state index contributed by atoms with van der Waals surface area (Å²) < 4.78 is 19.6. The lowest BCUT2D eigenvalue weighted by atomic mass is 10.1. The number of rotatable bonds is 4. The van der Waals surface area contributed by atoms with Gasteiger partial charge < -0.3 is 4.74 Å². The van der Waals surface area contributed by atoms with E-state index < -0.39 is 0 Å². The van der Waals surface area contributed by atoms with Gasteiger partial charge in [0, 0.05) is 11.0 Å². The average molecular weight is 302 g/mol. The highest BCUT2D eigenvalue weighted by molar-refractivity contribution is 9.10. The summed E-state index contributed by atoms with van der Waals surface area (Å²) in [7, 11) is 0. The smallest absolute Gasteiger partial charge is 0.166 e. The zero-order valence-electron chi connectivity index (χ0n) is 9.79. The van der Waals surface area contributed by atoms with E-state index in [2.05, 4.69) is 20.8 Å². The lowest BCUT2D eigenvalue weighted by molar-refractivity contribution is 0.180. The van der Waals surface area contributed by atoms with Crippen LogP contribution in [0, 0.1) is 5.82 Å². The summed E-state index contributed by atoms with van der Waals surface area (Å²) in [6.07, 6.45) is 3.87. The Balaban J connectivity index is 1.77. The maximum Gasteiger partial charge on any atom is 0.166 e. The zero-order valence-corrected chi connectivity index (χ0v) is 11.4. The van der Waals surface area contributed by atoms with Crippen molar-refractivity contribution in [3.8, 4) is 5.75 Å². The molecule has 4 heteroatoms. The van der Waals surface area contributed by atoms with Crippen molar-refractivity contribution in [2.24, 2.45) is 0 Å². The second-order valence-corrected chi connectivity index (χ2v) is 5.24. The van der Waals surface area contributed by atoms with Gasteiger partial charge in [-0.1, -0.05) is 22.4 Å². The number of piperidine rings is 1. The van der Waals surface area contributed by atoms with Crippen LogP contribution >= 0.6 is 15.9 Å². The average Bonchev–Trinajstić information content (AvgIpc) is 2.33. The molecule has 17 heavy (non-hydrogen) atoms. The molecule has 0 aromatic heterocycles. The molecule has 0 amide bonds. The van der Waals surface area contributed by atoms with Crippen molar-refractivity contribution >= 4 is 15.9 Å². The van der Waals surface area contributed by atoms with Gasteiger partial charge in [-0.15, -0.1) is 0 Å². The monoisotopic (exact) mass is 301 g/mol. The number of nitrogens with zero attached hydrogens (tertiary/aromatic N) is 1. The Morgan fingerprint density at radius 1 is 1.24 bits per heavy atom. The van der Waals surface area contributed by atoms with E-state index in [1.54, 1.807) is 12.1 Å². The Labute approximate surface area is 110 Å². The molecule has 0 aliphatic carbocycles. The molecule has 2 rings (SSSR count). The molecule has 0 atom stereocenters. The first kappa shape index (κ1) is 12.8. The second kappa shape index (κ2) is 6.36. The Bertz CT molecular complexity index is 366. The van der Waals surface area contributed by atoms with E-state index in [4.69, 9.17) is 4.74 Å². The van der Waals surface area contributed by atoms with Crippen molar-refractivity contribution in [3.63, 3.8) is 0 Å². The van der Waals surface area contributed by atoms with Crippen LogP contribution in [0.1, 0.15) is 19.3 Å². The molecule has 0 saturated carbocycles. The fourth-order valence-electron chi connectivity index (χ4n) is 2.06. The van der Waals surface area contributed by atoms with Crippen molar-refractivity contribution < 1.29 is 9.13 Å². The summed E-state index contributed by atoms with van der Waals surface area (Å²) in [6.45, 7) is 3.73. The van der Waals surface area contributed by atoms with Crippen molar-refractivity contribution in [2.45, 2.75) is 19.3 Å².